The van der Waals surface area contributed by atoms with E-state index in [0.717, 1.165) is 6.54 Å². The molecule has 0 radical (unpaired) electrons. The van der Waals surface area contributed by atoms with Gasteiger partial charge in [0.1, 0.15) is 0 Å². The third-order valence-corrected chi connectivity index (χ3v) is 2.77. The first-order chi connectivity index (χ1) is 6.14. The lowest BCUT2D eigenvalue weighted by Crippen LogP contribution is -2.51. The summed E-state index contributed by atoms with van der Waals surface area (Å²) in [5.74, 6) is 0. The van der Waals surface area contributed by atoms with Gasteiger partial charge in [-0.05, 0) is 39.7 Å². The van der Waals surface area contributed by atoms with Gasteiger partial charge in [0.05, 0.1) is 0 Å². The van der Waals surface area contributed by atoms with Gasteiger partial charge in [-0.2, -0.15) is 0 Å². The van der Waals surface area contributed by atoms with Crippen molar-refractivity contribution in [1.29, 1.82) is 0 Å². The van der Waals surface area contributed by atoms with Crippen LogP contribution in [-0.4, -0.2) is 24.7 Å². The molecule has 1 fully saturated rings. The molecule has 0 aromatic heterocycles. The van der Waals surface area contributed by atoms with Crippen molar-refractivity contribution in [3.8, 4) is 0 Å². The van der Waals surface area contributed by atoms with Crippen LogP contribution in [0.5, 0.6) is 0 Å². The molecular weight excluding hydrogens is 160 g/mol. The second-order valence-corrected chi connectivity index (χ2v) is 4.82. The molecule has 0 amide bonds. The van der Waals surface area contributed by atoms with Gasteiger partial charge in [-0.15, -0.1) is 0 Å². The first-order valence-corrected chi connectivity index (χ1v) is 5.62. The van der Waals surface area contributed by atoms with Crippen LogP contribution in [0.1, 0.15) is 46.5 Å². The maximum Gasteiger partial charge on any atom is 0.0197 e. The van der Waals surface area contributed by atoms with E-state index in [1.807, 2.05) is 0 Å². The summed E-state index contributed by atoms with van der Waals surface area (Å²) < 4.78 is 0. The summed E-state index contributed by atoms with van der Waals surface area (Å²) in [5, 5.41) is 7.17. The van der Waals surface area contributed by atoms with Gasteiger partial charge < -0.3 is 10.6 Å². The molecule has 0 aromatic rings. The normalized spacial score (nSPS) is 24.7. The van der Waals surface area contributed by atoms with Crippen LogP contribution in [0.3, 0.4) is 0 Å². The predicted octanol–water partition coefficient (Wildman–Crippen LogP) is 1.91. The summed E-state index contributed by atoms with van der Waals surface area (Å²) in [5.41, 5.74) is 0.318. The molecule has 1 saturated heterocycles. The van der Waals surface area contributed by atoms with Crippen molar-refractivity contribution in [2.24, 2.45) is 0 Å². The lowest BCUT2D eigenvalue weighted by atomic mass is 9.95. The Morgan fingerprint density at radius 2 is 2.23 bits per heavy atom. The van der Waals surface area contributed by atoms with Gasteiger partial charge in [0.2, 0.25) is 0 Å². The highest BCUT2D eigenvalue weighted by atomic mass is 15.0. The van der Waals surface area contributed by atoms with E-state index in [4.69, 9.17) is 0 Å². The van der Waals surface area contributed by atoms with Gasteiger partial charge in [-0.25, -0.2) is 0 Å². The molecular formula is C11H24N2. The Balaban J connectivity index is 2.28. The van der Waals surface area contributed by atoms with Crippen LogP contribution in [0.4, 0.5) is 0 Å². The minimum absolute atomic E-state index is 0.318. The van der Waals surface area contributed by atoms with E-state index < -0.39 is 0 Å². The molecule has 13 heavy (non-hydrogen) atoms. The van der Waals surface area contributed by atoms with Crippen molar-refractivity contribution in [3.05, 3.63) is 0 Å². The van der Waals surface area contributed by atoms with E-state index in [0.29, 0.717) is 11.6 Å². The van der Waals surface area contributed by atoms with Crippen molar-refractivity contribution in [2.75, 3.05) is 13.1 Å². The fourth-order valence-electron chi connectivity index (χ4n) is 2.22. The molecule has 1 aliphatic rings. The first-order valence-electron chi connectivity index (χ1n) is 5.62. The Kier molecular flexibility index (Phi) is 4.20. The zero-order valence-electron chi connectivity index (χ0n) is 9.32. The second-order valence-electron chi connectivity index (χ2n) is 4.82. The molecule has 1 rings (SSSR count). The van der Waals surface area contributed by atoms with Gasteiger partial charge in [-0.1, -0.05) is 13.3 Å². The highest BCUT2D eigenvalue weighted by molar-refractivity contribution is 4.84. The van der Waals surface area contributed by atoms with Crippen molar-refractivity contribution in [3.63, 3.8) is 0 Å². The number of nitrogens with one attached hydrogen (secondary N) is 2. The zero-order valence-corrected chi connectivity index (χ0v) is 9.32. The predicted molar refractivity (Wildman–Crippen MR) is 58.0 cm³/mol. The van der Waals surface area contributed by atoms with E-state index in [2.05, 4.69) is 31.4 Å². The Labute approximate surface area is 82.5 Å². The van der Waals surface area contributed by atoms with E-state index >= 15 is 0 Å². The molecule has 1 unspecified atom stereocenters. The summed E-state index contributed by atoms with van der Waals surface area (Å²) in [7, 11) is 0. The number of rotatable bonds is 4. The molecule has 2 nitrogen and oxygen atoms in total. The minimum Gasteiger partial charge on any atom is -0.315 e. The fraction of sp³-hybridized carbons (Fsp3) is 1.00. The summed E-state index contributed by atoms with van der Waals surface area (Å²) in [6.07, 6.45) is 5.18. The van der Waals surface area contributed by atoms with E-state index in [1.165, 1.54) is 32.2 Å². The highest BCUT2D eigenvalue weighted by Gasteiger charge is 2.22. The third kappa shape index (κ3) is 4.10. The van der Waals surface area contributed by atoms with Gasteiger partial charge >= 0.3 is 0 Å². The van der Waals surface area contributed by atoms with Gasteiger partial charge in [-0.3, -0.25) is 0 Å². The van der Waals surface area contributed by atoms with Crippen LogP contribution in [0, 0.1) is 0 Å². The summed E-state index contributed by atoms with van der Waals surface area (Å²) >= 11 is 0. The van der Waals surface area contributed by atoms with Crippen LogP contribution in [0.2, 0.25) is 0 Å². The van der Waals surface area contributed by atoms with Crippen LogP contribution in [-0.2, 0) is 0 Å². The maximum atomic E-state index is 3.73. The Bertz CT molecular complexity index is 137. The van der Waals surface area contributed by atoms with Crippen molar-refractivity contribution >= 4 is 0 Å². The van der Waals surface area contributed by atoms with Gasteiger partial charge in [0.25, 0.3) is 0 Å². The molecule has 0 saturated carbocycles. The van der Waals surface area contributed by atoms with Crippen molar-refractivity contribution < 1.29 is 0 Å². The quantitative estimate of drug-likeness (QED) is 0.697. The van der Waals surface area contributed by atoms with Crippen molar-refractivity contribution in [1.82, 2.24) is 10.6 Å². The molecule has 0 aromatic carbocycles. The second kappa shape index (κ2) is 4.97. The summed E-state index contributed by atoms with van der Waals surface area (Å²) in [6.45, 7) is 9.22. The first kappa shape index (κ1) is 11.0. The standard InChI is InChI=1S/C11H24N2/c1-4-7-11(2,3)13-10-6-5-8-12-9-10/h10,12-13H,4-9H2,1-3H3. The van der Waals surface area contributed by atoms with Crippen LogP contribution in [0.15, 0.2) is 0 Å². The SMILES string of the molecule is CCCC(C)(C)NC1CCCNC1. The van der Waals surface area contributed by atoms with E-state index in [1.54, 1.807) is 0 Å². The van der Waals surface area contributed by atoms with Gasteiger partial charge in [0, 0.05) is 18.1 Å². The largest absolute Gasteiger partial charge is 0.315 e. The van der Waals surface area contributed by atoms with Crippen LogP contribution in [0.25, 0.3) is 0 Å². The van der Waals surface area contributed by atoms with E-state index in [9.17, 15) is 0 Å². The molecule has 0 aliphatic carbocycles. The highest BCUT2D eigenvalue weighted by Crippen LogP contribution is 2.14. The number of hydrogen-bond acceptors (Lipinski definition) is 2. The molecule has 1 heterocycles. The Morgan fingerprint density at radius 3 is 2.77 bits per heavy atom. The van der Waals surface area contributed by atoms with E-state index in [-0.39, 0.29) is 0 Å². The molecule has 78 valence electrons. The minimum atomic E-state index is 0.318. The molecule has 0 bridgehead atoms. The average molecular weight is 184 g/mol. The zero-order chi connectivity index (χ0) is 9.73. The molecule has 1 aliphatic heterocycles. The third-order valence-electron chi connectivity index (χ3n) is 2.77. The van der Waals surface area contributed by atoms with Crippen LogP contribution < -0.4 is 10.6 Å². The lowest BCUT2D eigenvalue weighted by molar-refractivity contribution is 0.275. The summed E-state index contributed by atoms with van der Waals surface area (Å²) in [6, 6.07) is 0.690. The molecule has 1 atom stereocenters. The van der Waals surface area contributed by atoms with Gasteiger partial charge in [0.15, 0.2) is 0 Å². The Morgan fingerprint density at radius 1 is 1.46 bits per heavy atom. The maximum absolute atomic E-state index is 3.73. The smallest absolute Gasteiger partial charge is 0.0197 e. The summed E-state index contributed by atoms with van der Waals surface area (Å²) in [4.78, 5) is 0. The lowest BCUT2D eigenvalue weighted by Gasteiger charge is -2.34. The average Bonchev–Trinajstić information content (AvgIpc) is 2.04. The topological polar surface area (TPSA) is 24.1 Å². The monoisotopic (exact) mass is 184 g/mol. The molecule has 2 N–H and O–H groups in total. The number of hydrogen-bond donors (Lipinski definition) is 2. The molecule has 0 spiro atoms. The number of piperidine rings is 1. The van der Waals surface area contributed by atoms with Crippen LogP contribution >= 0.6 is 0 Å². The van der Waals surface area contributed by atoms with Crippen molar-refractivity contribution in [2.45, 2.75) is 58.0 Å². The fourth-order valence-corrected chi connectivity index (χ4v) is 2.22. The Hall–Kier alpha value is -0.0800. The molecule has 2 heteroatoms.